The summed E-state index contributed by atoms with van der Waals surface area (Å²) in [7, 11) is -4.20. The van der Waals surface area contributed by atoms with Crippen LogP contribution in [-0.4, -0.2) is 18.0 Å². The van der Waals surface area contributed by atoms with Gasteiger partial charge in [-0.05, 0) is 13.3 Å². The number of aromatic nitrogens is 1. The van der Waals surface area contributed by atoms with Crippen molar-refractivity contribution in [1.29, 1.82) is 0 Å². The van der Waals surface area contributed by atoms with Gasteiger partial charge in [-0.2, -0.15) is 8.42 Å². The number of aryl methyl sites for hydroxylation is 2. The summed E-state index contributed by atoms with van der Waals surface area (Å²) in [6.07, 6.45) is 1.85. The highest BCUT2D eigenvalue weighted by Gasteiger charge is 2.10. The van der Waals surface area contributed by atoms with Crippen LogP contribution in [0.4, 0.5) is 5.13 Å². The molecule has 0 saturated carbocycles. The van der Waals surface area contributed by atoms with E-state index in [1.54, 1.807) is 0 Å². The first-order chi connectivity index (χ1) is 6.42. The number of hydrogen-bond acceptors (Lipinski definition) is 4. The quantitative estimate of drug-likeness (QED) is 0.778. The minimum atomic E-state index is -4.20. The summed E-state index contributed by atoms with van der Waals surface area (Å²) in [5, 5.41) is 0.216. The van der Waals surface area contributed by atoms with Gasteiger partial charge in [-0.25, -0.2) is 9.71 Å². The van der Waals surface area contributed by atoms with Gasteiger partial charge in [-0.15, -0.1) is 11.3 Å². The average molecular weight is 236 g/mol. The summed E-state index contributed by atoms with van der Waals surface area (Å²) in [5.41, 5.74) is 0.808. The van der Waals surface area contributed by atoms with Crippen LogP contribution in [0.3, 0.4) is 0 Å². The van der Waals surface area contributed by atoms with Crippen molar-refractivity contribution in [2.75, 3.05) is 4.72 Å². The average Bonchev–Trinajstić information content (AvgIpc) is 2.28. The van der Waals surface area contributed by atoms with Crippen LogP contribution in [0.2, 0.25) is 0 Å². The van der Waals surface area contributed by atoms with Gasteiger partial charge in [0, 0.05) is 4.88 Å². The Bertz CT molecular complexity index is 411. The highest BCUT2D eigenvalue weighted by atomic mass is 32.2. The molecule has 0 amide bonds. The van der Waals surface area contributed by atoms with E-state index < -0.39 is 10.3 Å². The first kappa shape index (κ1) is 11.4. The van der Waals surface area contributed by atoms with Crippen LogP contribution in [0, 0.1) is 6.92 Å². The minimum absolute atomic E-state index is 0.216. The third-order valence-corrected chi connectivity index (χ3v) is 3.30. The molecule has 7 heteroatoms. The lowest BCUT2D eigenvalue weighted by Crippen LogP contribution is -2.09. The fourth-order valence-corrected chi connectivity index (χ4v) is 2.71. The third-order valence-electron chi connectivity index (χ3n) is 1.59. The monoisotopic (exact) mass is 236 g/mol. The molecule has 2 N–H and O–H groups in total. The molecule has 0 unspecified atom stereocenters. The molecular formula is C7H12N2O3S2. The number of nitrogens with zero attached hydrogens (tertiary/aromatic N) is 1. The first-order valence-corrected chi connectivity index (χ1v) is 6.39. The third kappa shape index (κ3) is 3.24. The summed E-state index contributed by atoms with van der Waals surface area (Å²) < 4.78 is 31.4. The van der Waals surface area contributed by atoms with Gasteiger partial charge in [0.1, 0.15) is 0 Å². The molecule has 0 aliphatic heterocycles. The van der Waals surface area contributed by atoms with Gasteiger partial charge in [0.15, 0.2) is 5.13 Å². The Morgan fingerprint density at radius 1 is 1.57 bits per heavy atom. The summed E-state index contributed by atoms with van der Waals surface area (Å²) >= 11 is 1.25. The van der Waals surface area contributed by atoms with E-state index in [0.717, 1.165) is 23.4 Å². The van der Waals surface area contributed by atoms with Crippen molar-refractivity contribution in [1.82, 2.24) is 4.98 Å². The summed E-state index contributed by atoms with van der Waals surface area (Å²) in [6.45, 7) is 3.85. The Hall–Kier alpha value is -0.660. The molecule has 1 aromatic rings. The molecule has 0 radical (unpaired) electrons. The van der Waals surface area contributed by atoms with Gasteiger partial charge >= 0.3 is 10.3 Å². The Kier molecular flexibility index (Phi) is 3.46. The molecule has 0 atom stereocenters. The molecule has 80 valence electrons. The standard InChI is InChI=1S/C7H12N2O3S2/c1-3-4-6-5(2)8-7(13-6)9-14(10,11)12/h3-4H2,1-2H3,(H,8,9)(H,10,11,12). The first-order valence-electron chi connectivity index (χ1n) is 4.14. The predicted octanol–water partition coefficient (Wildman–Crippen LogP) is 1.62. The van der Waals surface area contributed by atoms with Crippen molar-refractivity contribution in [3.05, 3.63) is 10.6 Å². The maximum atomic E-state index is 10.5. The second-order valence-corrected chi connectivity index (χ2v) is 5.09. The highest BCUT2D eigenvalue weighted by molar-refractivity contribution is 7.87. The SMILES string of the molecule is CCCc1sc(NS(=O)(=O)O)nc1C. The molecule has 1 rings (SSSR count). The predicted molar refractivity (Wildman–Crippen MR) is 56.0 cm³/mol. The number of thiazole rings is 1. The molecule has 0 saturated heterocycles. The lowest BCUT2D eigenvalue weighted by molar-refractivity contribution is 0.489. The topological polar surface area (TPSA) is 79.3 Å². The van der Waals surface area contributed by atoms with Gasteiger partial charge in [-0.3, -0.25) is 4.55 Å². The van der Waals surface area contributed by atoms with Gasteiger partial charge in [0.2, 0.25) is 0 Å². The molecule has 0 spiro atoms. The van der Waals surface area contributed by atoms with Crippen molar-refractivity contribution in [3.63, 3.8) is 0 Å². The Morgan fingerprint density at radius 3 is 2.71 bits per heavy atom. The maximum Gasteiger partial charge on any atom is 0.359 e. The van der Waals surface area contributed by atoms with Crippen LogP contribution in [0.1, 0.15) is 23.9 Å². The van der Waals surface area contributed by atoms with Crippen LogP contribution in [0.5, 0.6) is 0 Å². The van der Waals surface area contributed by atoms with Crippen LogP contribution < -0.4 is 4.72 Å². The summed E-state index contributed by atoms with van der Waals surface area (Å²) in [6, 6.07) is 0. The second-order valence-electron chi connectivity index (χ2n) is 2.85. The zero-order chi connectivity index (χ0) is 10.8. The molecule has 1 aromatic heterocycles. The van der Waals surface area contributed by atoms with Crippen molar-refractivity contribution in [2.24, 2.45) is 0 Å². The summed E-state index contributed by atoms with van der Waals surface area (Å²) in [4.78, 5) is 5.02. The molecule has 0 aliphatic rings. The zero-order valence-corrected chi connectivity index (χ0v) is 9.57. The highest BCUT2D eigenvalue weighted by Crippen LogP contribution is 2.24. The lowest BCUT2D eigenvalue weighted by Gasteiger charge is -1.94. The fourth-order valence-electron chi connectivity index (χ4n) is 1.04. The smallest absolute Gasteiger partial charge is 0.269 e. The molecular weight excluding hydrogens is 224 g/mol. The van der Waals surface area contributed by atoms with Gasteiger partial charge in [-0.1, -0.05) is 13.3 Å². The normalized spacial score (nSPS) is 11.6. The van der Waals surface area contributed by atoms with Crippen molar-refractivity contribution >= 4 is 26.8 Å². The Balaban J connectivity index is 2.86. The molecule has 0 bridgehead atoms. The van der Waals surface area contributed by atoms with Crippen LogP contribution >= 0.6 is 11.3 Å². The van der Waals surface area contributed by atoms with E-state index in [1.165, 1.54) is 11.3 Å². The molecule has 0 aromatic carbocycles. The van der Waals surface area contributed by atoms with E-state index in [9.17, 15) is 8.42 Å². The number of hydrogen-bond donors (Lipinski definition) is 2. The van der Waals surface area contributed by atoms with E-state index in [4.69, 9.17) is 4.55 Å². The molecule has 5 nitrogen and oxygen atoms in total. The molecule has 1 heterocycles. The number of rotatable bonds is 4. The van der Waals surface area contributed by atoms with Gasteiger partial charge in [0.05, 0.1) is 5.69 Å². The Morgan fingerprint density at radius 2 is 2.21 bits per heavy atom. The largest absolute Gasteiger partial charge is 0.359 e. The van der Waals surface area contributed by atoms with E-state index in [0.29, 0.717) is 0 Å². The fraction of sp³-hybridized carbons (Fsp3) is 0.571. The zero-order valence-electron chi connectivity index (χ0n) is 7.94. The number of nitrogens with one attached hydrogen (secondary N) is 1. The van der Waals surface area contributed by atoms with Gasteiger partial charge in [0.25, 0.3) is 0 Å². The maximum absolute atomic E-state index is 10.5. The van der Waals surface area contributed by atoms with E-state index >= 15 is 0 Å². The van der Waals surface area contributed by atoms with Crippen molar-refractivity contribution < 1.29 is 13.0 Å². The van der Waals surface area contributed by atoms with E-state index in [2.05, 4.69) is 4.98 Å². The molecule has 14 heavy (non-hydrogen) atoms. The van der Waals surface area contributed by atoms with Gasteiger partial charge < -0.3 is 0 Å². The second kappa shape index (κ2) is 4.24. The van der Waals surface area contributed by atoms with Crippen LogP contribution in [0.15, 0.2) is 0 Å². The lowest BCUT2D eigenvalue weighted by atomic mass is 10.2. The van der Waals surface area contributed by atoms with Crippen molar-refractivity contribution in [2.45, 2.75) is 26.7 Å². The minimum Gasteiger partial charge on any atom is -0.269 e. The molecule has 0 fully saturated rings. The number of anilines is 1. The van der Waals surface area contributed by atoms with E-state index in [1.807, 2.05) is 18.6 Å². The van der Waals surface area contributed by atoms with Crippen LogP contribution in [0.25, 0.3) is 0 Å². The van der Waals surface area contributed by atoms with Crippen molar-refractivity contribution in [3.8, 4) is 0 Å². The Labute approximate surface area is 87.1 Å². The van der Waals surface area contributed by atoms with Crippen LogP contribution in [-0.2, 0) is 16.7 Å². The molecule has 0 aliphatic carbocycles. The summed E-state index contributed by atoms with van der Waals surface area (Å²) in [5.74, 6) is 0. The van der Waals surface area contributed by atoms with E-state index in [-0.39, 0.29) is 5.13 Å².